The van der Waals surface area contributed by atoms with Crippen molar-refractivity contribution in [3.8, 4) is 0 Å². The summed E-state index contributed by atoms with van der Waals surface area (Å²) >= 11 is 9.97. The SMILES string of the molecule is CN1C(c2ccc3[nH]c(=O)[nH]c3c2)=C2C=C(Cl)C=CC2NC(=O)C1Cc1ccccc1Br. The Morgan fingerprint density at radius 2 is 1.88 bits per heavy atom. The standard InChI is InChI=1S/C24H20BrClN4O2/c1-30-21(11-13-4-2-3-5-17(13)25)23(31)27-18-9-7-15(26)12-16(18)22(30)14-6-8-19-20(10-14)29-24(32)28-19/h2-10,12,18,21H,11H2,1H3,(H,27,31)(H2,28,29,32). The molecule has 0 saturated heterocycles. The third-order valence-corrected chi connectivity index (χ3v) is 6.94. The number of likely N-dealkylation sites (N-methyl/N-ethyl adjacent to an activating group) is 1. The van der Waals surface area contributed by atoms with Crippen molar-refractivity contribution in [3.05, 3.63) is 97.4 Å². The van der Waals surface area contributed by atoms with Gasteiger partial charge in [0, 0.05) is 34.1 Å². The van der Waals surface area contributed by atoms with E-state index in [2.05, 4.69) is 31.2 Å². The van der Waals surface area contributed by atoms with Crippen LogP contribution in [-0.2, 0) is 11.2 Å². The average Bonchev–Trinajstić information content (AvgIpc) is 3.10. The summed E-state index contributed by atoms with van der Waals surface area (Å²) in [5, 5.41) is 3.75. The second-order valence-electron chi connectivity index (χ2n) is 7.94. The zero-order valence-corrected chi connectivity index (χ0v) is 19.5. The third-order valence-electron chi connectivity index (χ3n) is 5.93. The summed E-state index contributed by atoms with van der Waals surface area (Å²) in [4.78, 5) is 32.7. The summed E-state index contributed by atoms with van der Waals surface area (Å²) in [6.45, 7) is 0. The molecule has 1 aromatic heterocycles. The number of benzene rings is 2. The quantitative estimate of drug-likeness (QED) is 0.496. The molecule has 0 fully saturated rings. The van der Waals surface area contributed by atoms with Crippen LogP contribution in [0.4, 0.5) is 0 Å². The number of aromatic amines is 2. The van der Waals surface area contributed by atoms with Gasteiger partial charge in [-0.15, -0.1) is 0 Å². The molecule has 0 spiro atoms. The molecule has 8 heteroatoms. The Bertz CT molecular complexity index is 1380. The summed E-state index contributed by atoms with van der Waals surface area (Å²) in [6.07, 6.45) is 6.12. The molecule has 2 aromatic carbocycles. The number of hydrogen-bond acceptors (Lipinski definition) is 3. The number of fused-ring (bicyclic) bond motifs is 2. The predicted octanol–water partition coefficient (Wildman–Crippen LogP) is 4.06. The molecule has 2 atom stereocenters. The van der Waals surface area contributed by atoms with Crippen LogP contribution in [0.15, 0.2) is 80.6 Å². The summed E-state index contributed by atoms with van der Waals surface area (Å²) in [7, 11) is 1.93. The number of nitrogens with zero attached hydrogens (tertiary/aromatic N) is 1. The number of carbonyl (C=O) groups is 1. The van der Waals surface area contributed by atoms with Gasteiger partial charge in [-0.25, -0.2) is 4.79 Å². The van der Waals surface area contributed by atoms with Gasteiger partial charge < -0.3 is 20.2 Å². The summed E-state index contributed by atoms with van der Waals surface area (Å²) < 4.78 is 0.964. The van der Waals surface area contributed by atoms with Crippen LogP contribution in [0.5, 0.6) is 0 Å². The first kappa shape index (κ1) is 20.8. The zero-order valence-electron chi connectivity index (χ0n) is 17.2. The Hall–Kier alpha value is -3.03. The molecule has 0 bridgehead atoms. The Kier molecular flexibility index (Phi) is 5.31. The van der Waals surface area contributed by atoms with Gasteiger partial charge in [0.25, 0.3) is 0 Å². The molecule has 0 saturated carbocycles. The number of amides is 1. The van der Waals surface area contributed by atoms with Gasteiger partial charge in [-0.3, -0.25) is 4.79 Å². The van der Waals surface area contributed by atoms with E-state index < -0.39 is 6.04 Å². The van der Waals surface area contributed by atoms with Crippen molar-refractivity contribution in [1.82, 2.24) is 20.2 Å². The van der Waals surface area contributed by atoms with Gasteiger partial charge in [-0.1, -0.05) is 57.9 Å². The third kappa shape index (κ3) is 3.72. The normalized spacial score (nSPS) is 20.8. The Morgan fingerprint density at radius 1 is 1.09 bits per heavy atom. The number of hydrogen-bond donors (Lipinski definition) is 3. The highest BCUT2D eigenvalue weighted by atomic mass is 79.9. The summed E-state index contributed by atoms with van der Waals surface area (Å²) in [6, 6.07) is 12.9. The topological polar surface area (TPSA) is 81.0 Å². The molecule has 3 N–H and O–H groups in total. The highest BCUT2D eigenvalue weighted by molar-refractivity contribution is 9.10. The van der Waals surface area contributed by atoms with E-state index in [0.29, 0.717) is 17.0 Å². The maximum atomic E-state index is 13.3. The van der Waals surface area contributed by atoms with Gasteiger partial charge in [0.1, 0.15) is 6.04 Å². The van der Waals surface area contributed by atoms with Crippen molar-refractivity contribution in [3.63, 3.8) is 0 Å². The lowest BCUT2D eigenvalue weighted by atomic mass is 9.95. The van der Waals surface area contributed by atoms with Crippen LogP contribution < -0.4 is 11.0 Å². The molecule has 0 radical (unpaired) electrons. The van der Waals surface area contributed by atoms with Crippen LogP contribution in [0.2, 0.25) is 0 Å². The largest absolute Gasteiger partial charge is 0.362 e. The smallest absolute Gasteiger partial charge is 0.323 e. The molecule has 6 nitrogen and oxygen atoms in total. The number of imidazole rings is 1. The van der Waals surface area contributed by atoms with E-state index in [4.69, 9.17) is 11.6 Å². The molecule has 32 heavy (non-hydrogen) atoms. The maximum Gasteiger partial charge on any atom is 0.323 e. The van der Waals surface area contributed by atoms with E-state index in [-0.39, 0.29) is 17.6 Å². The van der Waals surface area contributed by atoms with Crippen molar-refractivity contribution in [1.29, 1.82) is 0 Å². The zero-order chi connectivity index (χ0) is 22.4. The fourth-order valence-corrected chi connectivity index (χ4v) is 4.99. The van der Waals surface area contributed by atoms with Crippen molar-refractivity contribution in [2.45, 2.75) is 18.5 Å². The Morgan fingerprint density at radius 3 is 2.69 bits per heavy atom. The summed E-state index contributed by atoms with van der Waals surface area (Å²) in [5.41, 5.74) is 4.90. The van der Waals surface area contributed by atoms with E-state index in [1.165, 1.54) is 0 Å². The minimum absolute atomic E-state index is 0.0621. The first-order chi connectivity index (χ1) is 15.4. The van der Waals surface area contributed by atoms with Crippen LogP contribution in [0.25, 0.3) is 16.7 Å². The van der Waals surface area contributed by atoms with Crippen molar-refractivity contribution >= 4 is 50.2 Å². The lowest BCUT2D eigenvalue weighted by Crippen LogP contribution is -2.45. The maximum absolute atomic E-state index is 13.3. The van der Waals surface area contributed by atoms with Crippen LogP contribution in [0.1, 0.15) is 11.1 Å². The molecule has 2 heterocycles. The highest BCUT2D eigenvalue weighted by Crippen LogP contribution is 2.35. The van der Waals surface area contributed by atoms with Crippen LogP contribution >= 0.6 is 27.5 Å². The monoisotopic (exact) mass is 510 g/mol. The molecule has 2 unspecified atom stereocenters. The first-order valence-corrected chi connectivity index (χ1v) is 11.4. The van der Waals surface area contributed by atoms with Crippen LogP contribution in [0.3, 0.4) is 0 Å². The van der Waals surface area contributed by atoms with E-state index in [0.717, 1.165) is 32.4 Å². The number of nitrogens with one attached hydrogen (secondary N) is 3. The molecule has 3 aromatic rings. The molecule has 5 rings (SSSR count). The molecular formula is C24H20BrClN4O2. The fraction of sp³-hybridized carbons (Fsp3) is 0.167. The molecular weight excluding hydrogens is 492 g/mol. The second kappa shape index (κ2) is 8.15. The average molecular weight is 512 g/mol. The van der Waals surface area contributed by atoms with E-state index in [9.17, 15) is 9.59 Å². The Labute approximate surface area is 197 Å². The van der Waals surface area contributed by atoms with Crippen LogP contribution in [-0.4, -0.2) is 39.9 Å². The Balaban J connectivity index is 1.67. The molecule has 1 aliphatic heterocycles. The van der Waals surface area contributed by atoms with E-state index >= 15 is 0 Å². The highest BCUT2D eigenvalue weighted by Gasteiger charge is 2.35. The van der Waals surface area contributed by atoms with Gasteiger partial charge in [0.05, 0.1) is 22.8 Å². The van der Waals surface area contributed by atoms with Crippen molar-refractivity contribution in [2.24, 2.45) is 0 Å². The predicted molar refractivity (Wildman–Crippen MR) is 130 cm³/mol. The minimum Gasteiger partial charge on any atom is -0.362 e. The fourth-order valence-electron chi connectivity index (χ4n) is 4.36. The van der Waals surface area contributed by atoms with E-state index in [1.807, 2.05) is 66.6 Å². The van der Waals surface area contributed by atoms with Gasteiger partial charge in [0.2, 0.25) is 5.91 Å². The molecule has 2 aliphatic rings. The number of carbonyl (C=O) groups excluding carboxylic acids is 1. The van der Waals surface area contributed by atoms with Crippen molar-refractivity contribution in [2.75, 3.05) is 7.05 Å². The van der Waals surface area contributed by atoms with Crippen molar-refractivity contribution < 1.29 is 4.79 Å². The second-order valence-corrected chi connectivity index (χ2v) is 9.23. The van der Waals surface area contributed by atoms with Crippen LogP contribution in [0, 0.1) is 0 Å². The lowest BCUT2D eigenvalue weighted by Gasteiger charge is -2.30. The molecule has 162 valence electrons. The number of H-pyrrole nitrogens is 2. The van der Waals surface area contributed by atoms with Gasteiger partial charge in [-0.05, 0) is 35.9 Å². The molecule has 1 amide bonds. The molecule has 1 aliphatic carbocycles. The van der Waals surface area contributed by atoms with Gasteiger partial charge in [0.15, 0.2) is 0 Å². The summed E-state index contributed by atoms with van der Waals surface area (Å²) in [5.74, 6) is -0.0621. The first-order valence-electron chi connectivity index (χ1n) is 10.2. The van der Waals surface area contributed by atoms with Gasteiger partial charge >= 0.3 is 5.69 Å². The number of aromatic nitrogens is 2. The number of halogens is 2. The van der Waals surface area contributed by atoms with E-state index in [1.54, 1.807) is 6.08 Å². The minimum atomic E-state index is -0.441. The lowest BCUT2D eigenvalue weighted by molar-refractivity contribution is -0.124. The number of rotatable bonds is 3. The van der Waals surface area contributed by atoms with Gasteiger partial charge in [-0.2, -0.15) is 0 Å². The number of allylic oxidation sites excluding steroid dienone is 2.